The molecule has 1 fully saturated rings. The molecule has 1 saturated heterocycles. The number of carbonyl (C=O) groups excluding carboxylic acids is 2. The molecule has 2 aliphatic rings. The second-order valence-corrected chi connectivity index (χ2v) is 9.35. The van der Waals surface area contributed by atoms with Crippen molar-refractivity contribution >= 4 is 17.7 Å². The molecule has 9 heteroatoms. The van der Waals surface area contributed by atoms with Crippen LogP contribution in [0.4, 0.5) is 10.5 Å². The highest BCUT2D eigenvalue weighted by Gasteiger charge is 2.32. The van der Waals surface area contributed by atoms with Crippen LogP contribution in [-0.4, -0.2) is 48.0 Å². The van der Waals surface area contributed by atoms with E-state index < -0.39 is 12.0 Å². The quantitative estimate of drug-likeness (QED) is 0.554. The predicted molar refractivity (Wildman–Crippen MR) is 137 cm³/mol. The second-order valence-electron chi connectivity index (χ2n) is 9.35. The Morgan fingerprint density at radius 2 is 1.83 bits per heavy atom. The highest BCUT2D eigenvalue weighted by atomic mass is 16.5. The van der Waals surface area contributed by atoms with E-state index in [0.29, 0.717) is 23.1 Å². The number of anilines is 1. The third-order valence-electron chi connectivity index (χ3n) is 7.07. The van der Waals surface area contributed by atoms with E-state index in [1.165, 1.54) is 7.11 Å². The lowest BCUT2D eigenvalue weighted by Gasteiger charge is -2.35. The number of nitrogens with one attached hydrogen (secondary N) is 1. The van der Waals surface area contributed by atoms with E-state index in [0.717, 1.165) is 61.2 Å². The molecule has 0 saturated carbocycles. The average molecular weight is 490 g/mol. The minimum absolute atomic E-state index is 0.00108. The summed E-state index contributed by atoms with van der Waals surface area (Å²) in [7, 11) is 1.39. The van der Waals surface area contributed by atoms with E-state index in [2.05, 4.69) is 16.6 Å². The Bertz CT molecular complexity index is 1260. The van der Waals surface area contributed by atoms with Gasteiger partial charge in [0, 0.05) is 34.5 Å². The molecule has 3 aromatic rings. The van der Waals surface area contributed by atoms with E-state index in [-0.39, 0.29) is 6.04 Å². The number of carbonyl (C=O) groups is 2. The number of benzene rings is 2. The molecule has 2 aliphatic heterocycles. The Morgan fingerprint density at radius 1 is 1.08 bits per heavy atom. The molecule has 36 heavy (non-hydrogen) atoms. The molecule has 3 heterocycles. The van der Waals surface area contributed by atoms with Crippen molar-refractivity contribution in [2.24, 2.45) is 5.73 Å². The predicted octanol–water partition coefficient (Wildman–Crippen LogP) is 4.27. The Morgan fingerprint density at radius 3 is 2.53 bits per heavy atom. The largest absolute Gasteiger partial charge is 0.456 e. The Balaban J connectivity index is 1.58. The number of nitrogens with zero attached hydrogens (tertiary/aromatic N) is 3. The first-order chi connectivity index (χ1) is 17.5. The van der Waals surface area contributed by atoms with E-state index in [9.17, 15) is 9.59 Å². The molecule has 188 valence electrons. The maximum Gasteiger partial charge on any atom is 0.414 e. The van der Waals surface area contributed by atoms with Gasteiger partial charge in [-0.3, -0.25) is 14.4 Å². The summed E-state index contributed by atoms with van der Waals surface area (Å²) in [6.45, 7) is 3.98. The van der Waals surface area contributed by atoms with Gasteiger partial charge in [-0.05, 0) is 82.1 Å². The average Bonchev–Trinajstić information content (AvgIpc) is 3.39. The van der Waals surface area contributed by atoms with Crippen LogP contribution in [0.3, 0.4) is 0 Å². The molecule has 1 aromatic heterocycles. The summed E-state index contributed by atoms with van der Waals surface area (Å²) in [6, 6.07) is 11.0. The first-order valence-corrected chi connectivity index (χ1v) is 12.3. The number of piperidine rings is 1. The zero-order valence-corrected chi connectivity index (χ0v) is 20.6. The molecule has 0 aliphatic carbocycles. The molecule has 2 aromatic carbocycles. The van der Waals surface area contributed by atoms with Gasteiger partial charge in [0.1, 0.15) is 11.5 Å². The normalized spacial score (nSPS) is 17.9. The van der Waals surface area contributed by atoms with Crippen molar-refractivity contribution in [2.45, 2.75) is 44.7 Å². The summed E-state index contributed by atoms with van der Waals surface area (Å²) in [4.78, 5) is 25.8. The maximum atomic E-state index is 12.6. The number of hydrogen-bond acceptors (Lipinski definition) is 6. The summed E-state index contributed by atoms with van der Waals surface area (Å²) in [5.74, 6) is 0.751. The summed E-state index contributed by atoms with van der Waals surface area (Å²) in [5, 5.41) is 8.07. The molecule has 2 amide bonds. The lowest BCUT2D eigenvalue weighted by molar-refractivity contribution is 0.1000. The number of methoxy groups -OCH3 is 1. The molecule has 0 unspecified atom stereocenters. The first-order valence-electron chi connectivity index (χ1n) is 12.3. The van der Waals surface area contributed by atoms with Crippen molar-refractivity contribution in [3.8, 4) is 22.6 Å². The van der Waals surface area contributed by atoms with Crippen molar-refractivity contribution in [3.63, 3.8) is 0 Å². The number of primary amides is 1. The van der Waals surface area contributed by atoms with Gasteiger partial charge in [0.15, 0.2) is 0 Å². The fraction of sp³-hybridized carbons (Fsp3) is 0.370. The zero-order valence-electron chi connectivity index (χ0n) is 20.6. The fourth-order valence-corrected chi connectivity index (χ4v) is 5.08. The van der Waals surface area contributed by atoms with Gasteiger partial charge >= 0.3 is 6.09 Å². The van der Waals surface area contributed by atoms with Gasteiger partial charge in [-0.25, -0.2) is 4.79 Å². The van der Waals surface area contributed by atoms with Crippen molar-refractivity contribution < 1.29 is 19.1 Å². The van der Waals surface area contributed by atoms with Gasteiger partial charge < -0.3 is 20.5 Å². The monoisotopic (exact) mass is 489 g/mol. The third kappa shape index (κ3) is 4.54. The van der Waals surface area contributed by atoms with Gasteiger partial charge in [0.2, 0.25) is 5.91 Å². The molecule has 9 nitrogen and oxygen atoms in total. The molecule has 0 bridgehead atoms. The second kappa shape index (κ2) is 10.0. The summed E-state index contributed by atoms with van der Waals surface area (Å²) >= 11 is 0. The standard InChI is InChI=1S/C27H31N5O4/c1-17-3-8-23-24(32(17)27(34)35-2)10-9-22(19-15-30-31(16-19)20-11-13-29-14-12-20)25(23)36-21-6-4-18(5-7-21)26(28)33/h4-7,9-10,15-17,20,29H,3,8,11-14H2,1-2H3,(H2,28,33)/t17-/m0/s1. The molecule has 0 spiro atoms. The fourth-order valence-electron chi connectivity index (χ4n) is 5.08. The van der Waals surface area contributed by atoms with E-state index >= 15 is 0 Å². The van der Waals surface area contributed by atoms with E-state index in [1.54, 1.807) is 29.2 Å². The molecule has 0 radical (unpaired) electrons. The van der Waals surface area contributed by atoms with Crippen molar-refractivity contribution in [1.29, 1.82) is 0 Å². The summed E-state index contributed by atoms with van der Waals surface area (Å²) in [5.41, 5.74) is 9.36. The highest BCUT2D eigenvalue weighted by Crippen LogP contribution is 2.45. The minimum atomic E-state index is -0.493. The summed E-state index contributed by atoms with van der Waals surface area (Å²) < 4.78 is 13.6. The SMILES string of the molecule is COC(=O)N1c2ccc(-c3cnn(C4CCNCC4)c3)c(Oc3ccc(C(N)=O)cc3)c2CC[C@@H]1C. The lowest BCUT2D eigenvalue weighted by Crippen LogP contribution is -2.42. The Labute approximate surface area is 210 Å². The van der Waals surface area contributed by atoms with Crippen molar-refractivity contribution in [1.82, 2.24) is 15.1 Å². The van der Waals surface area contributed by atoms with Crippen LogP contribution in [0.2, 0.25) is 0 Å². The van der Waals surface area contributed by atoms with Gasteiger partial charge in [-0.15, -0.1) is 0 Å². The van der Waals surface area contributed by atoms with Crippen molar-refractivity contribution in [2.75, 3.05) is 25.1 Å². The van der Waals surface area contributed by atoms with E-state index in [1.807, 2.05) is 29.9 Å². The lowest BCUT2D eigenvalue weighted by atomic mass is 9.92. The van der Waals surface area contributed by atoms with Crippen LogP contribution in [-0.2, 0) is 11.2 Å². The molecule has 3 N–H and O–H groups in total. The first kappa shape index (κ1) is 23.9. The van der Waals surface area contributed by atoms with Crippen LogP contribution in [0.1, 0.15) is 48.1 Å². The van der Waals surface area contributed by atoms with E-state index in [4.69, 9.17) is 15.2 Å². The van der Waals surface area contributed by atoms with Crippen molar-refractivity contribution in [3.05, 3.63) is 59.9 Å². The van der Waals surface area contributed by atoms with Gasteiger partial charge in [0.05, 0.1) is 25.0 Å². The molecular formula is C27H31N5O4. The number of aromatic nitrogens is 2. The number of nitrogens with two attached hydrogens (primary N) is 1. The number of rotatable bonds is 5. The van der Waals surface area contributed by atoms with Crippen LogP contribution in [0.15, 0.2) is 48.8 Å². The molecule has 5 rings (SSSR count). The Kier molecular flexibility index (Phi) is 6.65. The van der Waals surface area contributed by atoms with Gasteiger partial charge in [-0.1, -0.05) is 0 Å². The third-order valence-corrected chi connectivity index (χ3v) is 7.07. The topological polar surface area (TPSA) is 112 Å². The number of fused-ring (bicyclic) bond motifs is 1. The maximum absolute atomic E-state index is 12.6. The number of ether oxygens (including phenoxy) is 2. The van der Waals surface area contributed by atoms with Crippen LogP contribution in [0, 0.1) is 0 Å². The van der Waals surface area contributed by atoms with Crippen LogP contribution in [0.25, 0.3) is 11.1 Å². The molecule has 1 atom stereocenters. The molecular weight excluding hydrogens is 458 g/mol. The van der Waals surface area contributed by atoms with Crippen LogP contribution in [0.5, 0.6) is 11.5 Å². The zero-order chi connectivity index (χ0) is 25.2. The summed E-state index contributed by atoms with van der Waals surface area (Å²) in [6.07, 6.45) is 7.14. The minimum Gasteiger partial charge on any atom is -0.456 e. The van der Waals surface area contributed by atoms with Gasteiger partial charge in [-0.2, -0.15) is 5.10 Å². The Hall–Kier alpha value is -3.85. The smallest absolute Gasteiger partial charge is 0.414 e. The van der Waals surface area contributed by atoms with Crippen LogP contribution >= 0.6 is 0 Å². The number of amides is 2. The van der Waals surface area contributed by atoms with Crippen LogP contribution < -0.4 is 20.7 Å². The van der Waals surface area contributed by atoms with Gasteiger partial charge in [0.25, 0.3) is 0 Å². The highest BCUT2D eigenvalue weighted by molar-refractivity contribution is 5.93. The number of hydrogen-bond donors (Lipinski definition) is 2.